The third-order valence-corrected chi connectivity index (χ3v) is 5.25. The number of carbonyl (C=O) groups excluding carboxylic acids is 1. The van der Waals surface area contributed by atoms with E-state index in [1.165, 1.54) is 18.4 Å². The van der Waals surface area contributed by atoms with Crippen molar-refractivity contribution in [3.05, 3.63) is 70.3 Å². The lowest BCUT2D eigenvalue weighted by molar-refractivity contribution is 0.0953. The Labute approximate surface area is 171 Å². The topological polar surface area (TPSA) is 47.6 Å². The predicted molar refractivity (Wildman–Crippen MR) is 112 cm³/mol. The summed E-state index contributed by atoms with van der Waals surface area (Å²) in [4.78, 5) is 12.4. The fourth-order valence-electron chi connectivity index (χ4n) is 3.27. The Kier molecular flexibility index (Phi) is 7.38. The summed E-state index contributed by atoms with van der Waals surface area (Å²) in [5.41, 5.74) is 2.90. The first-order chi connectivity index (χ1) is 13.7. The lowest BCUT2D eigenvalue weighted by Crippen LogP contribution is -2.24. The van der Waals surface area contributed by atoms with Gasteiger partial charge in [0.15, 0.2) is 11.5 Å². The molecule has 0 unspecified atom stereocenters. The zero-order chi connectivity index (χ0) is 19.8. The molecule has 0 radical (unpaired) electrons. The SMILES string of the molecule is COc1cc(C(=O)NCCC2=CCCCC2)ccc1OCc1ccccc1Cl. The molecule has 148 valence electrons. The third kappa shape index (κ3) is 5.52. The second-order valence-corrected chi connectivity index (χ2v) is 7.27. The van der Waals surface area contributed by atoms with Crippen molar-refractivity contribution in [2.45, 2.75) is 38.7 Å². The molecule has 0 saturated heterocycles. The van der Waals surface area contributed by atoms with Crippen LogP contribution in [0.15, 0.2) is 54.1 Å². The molecule has 5 heteroatoms. The van der Waals surface area contributed by atoms with E-state index in [2.05, 4.69) is 11.4 Å². The van der Waals surface area contributed by atoms with E-state index in [9.17, 15) is 4.79 Å². The van der Waals surface area contributed by atoms with Crippen molar-refractivity contribution in [3.63, 3.8) is 0 Å². The van der Waals surface area contributed by atoms with Gasteiger partial charge in [-0.1, -0.05) is 41.4 Å². The highest BCUT2D eigenvalue weighted by molar-refractivity contribution is 6.31. The first-order valence-electron chi connectivity index (χ1n) is 9.67. The lowest BCUT2D eigenvalue weighted by Gasteiger charge is -2.14. The molecular formula is C23H26ClNO3. The van der Waals surface area contributed by atoms with Gasteiger partial charge in [0.05, 0.1) is 7.11 Å². The van der Waals surface area contributed by atoms with Gasteiger partial charge in [-0.3, -0.25) is 4.79 Å². The molecule has 0 aromatic heterocycles. The first kappa shape index (κ1) is 20.3. The number of amides is 1. The van der Waals surface area contributed by atoms with Gasteiger partial charge in [-0.05, 0) is 56.4 Å². The minimum Gasteiger partial charge on any atom is -0.493 e. The molecule has 0 saturated carbocycles. The lowest BCUT2D eigenvalue weighted by atomic mass is 9.97. The zero-order valence-electron chi connectivity index (χ0n) is 16.2. The summed E-state index contributed by atoms with van der Waals surface area (Å²) < 4.78 is 11.2. The standard InChI is InChI=1S/C23H26ClNO3/c1-27-22-15-18(23(26)25-14-13-17-7-3-2-4-8-17)11-12-21(22)28-16-19-9-5-6-10-20(19)24/h5-7,9-12,15H,2-4,8,13-14,16H2,1H3,(H,25,26). The van der Waals surface area contributed by atoms with Crippen LogP contribution < -0.4 is 14.8 Å². The Morgan fingerprint density at radius 2 is 2.00 bits per heavy atom. The Hall–Kier alpha value is -2.46. The number of hydrogen-bond donors (Lipinski definition) is 1. The van der Waals surface area contributed by atoms with Crippen molar-refractivity contribution < 1.29 is 14.3 Å². The number of rotatable bonds is 8. The molecule has 4 nitrogen and oxygen atoms in total. The van der Waals surface area contributed by atoms with Crippen molar-refractivity contribution >= 4 is 17.5 Å². The monoisotopic (exact) mass is 399 g/mol. The van der Waals surface area contributed by atoms with Crippen LogP contribution in [-0.2, 0) is 6.61 Å². The first-order valence-corrected chi connectivity index (χ1v) is 10.1. The Morgan fingerprint density at radius 3 is 2.75 bits per heavy atom. The van der Waals surface area contributed by atoms with E-state index in [1.807, 2.05) is 24.3 Å². The highest BCUT2D eigenvalue weighted by Crippen LogP contribution is 2.29. The van der Waals surface area contributed by atoms with Crippen LogP contribution in [0.1, 0.15) is 48.0 Å². The number of nitrogens with one attached hydrogen (secondary N) is 1. The minimum atomic E-state index is -0.104. The zero-order valence-corrected chi connectivity index (χ0v) is 16.9. The fourth-order valence-corrected chi connectivity index (χ4v) is 3.46. The molecule has 1 amide bonds. The molecule has 2 aromatic rings. The third-order valence-electron chi connectivity index (χ3n) is 4.88. The van der Waals surface area contributed by atoms with Gasteiger partial charge >= 0.3 is 0 Å². The van der Waals surface area contributed by atoms with Crippen LogP contribution in [0, 0.1) is 0 Å². The van der Waals surface area contributed by atoms with E-state index in [-0.39, 0.29) is 5.91 Å². The van der Waals surface area contributed by atoms with Crippen LogP contribution >= 0.6 is 11.6 Å². The van der Waals surface area contributed by atoms with Crippen molar-refractivity contribution in [1.82, 2.24) is 5.32 Å². The average molecular weight is 400 g/mol. The van der Waals surface area contributed by atoms with Crippen LogP contribution in [0.2, 0.25) is 5.02 Å². The highest BCUT2D eigenvalue weighted by atomic mass is 35.5. The van der Waals surface area contributed by atoms with Gasteiger partial charge in [0, 0.05) is 22.7 Å². The Balaban J connectivity index is 1.57. The molecule has 0 aliphatic heterocycles. The largest absolute Gasteiger partial charge is 0.493 e. The predicted octanol–water partition coefficient (Wildman–Crippen LogP) is 5.55. The van der Waals surface area contributed by atoms with Gasteiger partial charge in [-0.15, -0.1) is 0 Å². The quantitative estimate of drug-likeness (QED) is 0.592. The molecule has 0 spiro atoms. The van der Waals surface area contributed by atoms with Gasteiger partial charge in [-0.2, -0.15) is 0 Å². The maximum absolute atomic E-state index is 12.4. The molecule has 2 aromatic carbocycles. The molecule has 0 bridgehead atoms. The van der Waals surface area contributed by atoms with Crippen LogP contribution in [0.25, 0.3) is 0 Å². The number of benzene rings is 2. The van der Waals surface area contributed by atoms with E-state index in [1.54, 1.807) is 25.3 Å². The molecule has 0 fully saturated rings. The Morgan fingerprint density at radius 1 is 1.14 bits per heavy atom. The Bertz CT molecular complexity index is 847. The second kappa shape index (κ2) is 10.2. The summed E-state index contributed by atoms with van der Waals surface area (Å²) >= 11 is 6.17. The summed E-state index contributed by atoms with van der Waals surface area (Å²) in [6, 6.07) is 12.8. The normalized spacial score (nSPS) is 13.6. The maximum Gasteiger partial charge on any atom is 0.251 e. The smallest absolute Gasteiger partial charge is 0.251 e. The summed E-state index contributed by atoms with van der Waals surface area (Å²) in [5.74, 6) is 0.994. The number of hydrogen-bond acceptors (Lipinski definition) is 3. The molecule has 3 rings (SSSR count). The molecule has 1 aliphatic carbocycles. The fraction of sp³-hybridized carbons (Fsp3) is 0.348. The molecule has 1 aliphatic rings. The summed E-state index contributed by atoms with van der Waals surface area (Å²) in [6.45, 7) is 0.981. The van der Waals surface area contributed by atoms with E-state index >= 15 is 0 Å². The van der Waals surface area contributed by atoms with Gasteiger partial charge in [0.25, 0.3) is 5.91 Å². The number of halogens is 1. The van der Waals surface area contributed by atoms with E-state index in [4.69, 9.17) is 21.1 Å². The molecular weight excluding hydrogens is 374 g/mol. The van der Waals surface area contributed by atoms with Crippen molar-refractivity contribution in [2.75, 3.05) is 13.7 Å². The van der Waals surface area contributed by atoms with Crippen molar-refractivity contribution in [1.29, 1.82) is 0 Å². The summed E-state index contributed by atoms with van der Waals surface area (Å²) in [7, 11) is 1.56. The number of methoxy groups -OCH3 is 1. The average Bonchev–Trinajstić information content (AvgIpc) is 2.73. The molecule has 1 N–H and O–H groups in total. The van der Waals surface area contributed by atoms with Crippen LogP contribution in [0.5, 0.6) is 11.5 Å². The van der Waals surface area contributed by atoms with E-state index in [0.717, 1.165) is 24.8 Å². The van der Waals surface area contributed by atoms with Gasteiger partial charge in [0.2, 0.25) is 0 Å². The summed E-state index contributed by atoms with van der Waals surface area (Å²) in [5, 5.41) is 3.65. The van der Waals surface area contributed by atoms with Gasteiger partial charge in [0.1, 0.15) is 6.61 Å². The van der Waals surface area contributed by atoms with E-state index in [0.29, 0.717) is 35.2 Å². The highest BCUT2D eigenvalue weighted by Gasteiger charge is 2.12. The van der Waals surface area contributed by atoms with Gasteiger partial charge < -0.3 is 14.8 Å². The molecule has 0 heterocycles. The van der Waals surface area contributed by atoms with Crippen LogP contribution in [0.4, 0.5) is 0 Å². The number of allylic oxidation sites excluding steroid dienone is 1. The number of ether oxygens (including phenoxy) is 2. The second-order valence-electron chi connectivity index (χ2n) is 6.86. The molecule has 28 heavy (non-hydrogen) atoms. The van der Waals surface area contributed by atoms with Crippen LogP contribution in [0.3, 0.4) is 0 Å². The van der Waals surface area contributed by atoms with Crippen molar-refractivity contribution in [3.8, 4) is 11.5 Å². The maximum atomic E-state index is 12.4. The number of carbonyl (C=O) groups is 1. The van der Waals surface area contributed by atoms with Crippen LogP contribution in [-0.4, -0.2) is 19.6 Å². The van der Waals surface area contributed by atoms with Crippen molar-refractivity contribution in [2.24, 2.45) is 0 Å². The minimum absolute atomic E-state index is 0.104. The van der Waals surface area contributed by atoms with Gasteiger partial charge in [-0.25, -0.2) is 0 Å². The van der Waals surface area contributed by atoms with E-state index < -0.39 is 0 Å². The molecule has 0 atom stereocenters. The summed E-state index contributed by atoms with van der Waals surface area (Å²) in [6.07, 6.45) is 8.08.